The molecule has 1 aliphatic heterocycles. The Balaban J connectivity index is 1.72. The van der Waals surface area contributed by atoms with E-state index in [2.05, 4.69) is 9.98 Å². The number of hydrogen-bond donors (Lipinski definition) is 3. The summed E-state index contributed by atoms with van der Waals surface area (Å²) in [6.45, 7) is 4.09. The summed E-state index contributed by atoms with van der Waals surface area (Å²) >= 11 is 5.29. The lowest BCUT2D eigenvalue weighted by molar-refractivity contribution is -0.903. The summed E-state index contributed by atoms with van der Waals surface area (Å²) in [5, 5.41) is 10.6. The maximum absolute atomic E-state index is 12.2. The van der Waals surface area contributed by atoms with E-state index in [1.165, 1.54) is 45.0 Å². The Bertz CT molecular complexity index is 713. The lowest BCUT2D eigenvalue weighted by Gasteiger charge is -2.25. The number of piperidine rings is 1. The summed E-state index contributed by atoms with van der Waals surface area (Å²) in [6, 6.07) is 0.169. The van der Waals surface area contributed by atoms with Gasteiger partial charge in [0.25, 0.3) is 5.56 Å². The Labute approximate surface area is 153 Å². The van der Waals surface area contributed by atoms with Crippen LogP contribution in [0.2, 0.25) is 0 Å². The van der Waals surface area contributed by atoms with Crippen LogP contribution in [0.3, 0.4) is 0 Å². The van der Waals surface area contributed by atoms with Crippen LogP contribution in [0.4, 0.5) is 0 Å². The van der Waals surface area contributed by atoms with Crippen molar-refractivity contribution in [3.05, 3.63) is 20.7 Å². The third-order valence-electron chi connectivity index (χ3n) is 5.47. The van der Waals surface area contributed by atoms with Gasteiger partial charge in [-0.3, -0.25) is 19.3 Å². The molecule has 0 spiro atoms. The van der Waals surface area contributed by atoms with Gasteiger partial charge in [-0.1, -0.05) is 19.3 Å². The molecule has 2 heterocycles. The first kappa shape index (κ1) is 18.3. The number of quaternary nitrogens is 1. The molecular weight excluding hydrogens is 336 g/mol. The fourth-order valence-corrected chi connectivity index (χ4v) is 4.36. The van der Waals surface area contributed by atoms with E-state index in [9.17, 15) is 9.90 Å². The molecule has 7 heteroatoms. The molecule has 2 aliphatic rings. The van der Waals surface area contributed by atoms with E-state index in [-0.39, 0.29) is 23.0 Å². The van der Waals surface area contributed by atoms with E-state index >= 15 is 0 Å². The molecule has 6 nitrogen and oxygen atoms in total. The molecule has 0 aromatic carbocycles. The first-order valence-corrected chi connectivity index (χ1v) is 9.99. The van der Waals surface area contributed by atoms with Crippen LogP contribution in [0.1, 0.15) is 63.0 Å². The fraction of sp³-hybridized carbons (Fsp3) is 0.722. The molecule has 0 radical (unpaired) electrons. The van der Waals surface area contributed by atoms with Gasteiger partial charge >= 0.3 is 0 Å². The Morgan fingerprint density at radius 1 is 1.20 bits per heavy atom. The molecule has 0 amide bonds. The summed E-state index contributed by atoms with van der Waals surface area (Å²) < 4.78 is 2.02. The molecule has 138 valence electrons. The first-order chi connectivity index (χ1) is 12.2. The van der Waals surface area contributed by atoms with Crippen molar-refractivity contribution in [2.45, 2.75) is 57.4 Å². The minimum Gasteiger partial charge on any atom is -0.494 e. The van der Waals surface area contributed by atoms with E-state index < -0.39 is 0 Å². The molecule has 3 rings (SSSR count). The van der Waals surface area contributed by atoms with Crippen molar-refractivity contribution in [3.8, 4) is 5.88 Å². The van der Waals surface area contributed by atoms with Gasteiger partial charge < -0.3 is 10.0 Å². The monoisotopic (exact) mass is 365 g/mol. The van der Waals surface area contributed by atoms with E-state index in [1.54, 1.807) is 9.47 Å². The third kappa shape index (κ3) is 4.58. The highest BCUT2D eigenvalue weighted by atomic mass is 32.1. The number of H-pyrrole nitrogens is 1. The van der Waals surface area contributed by atoms with E-state index in [1.807, 2.05) is 0 Å². The van der Waals surface area contributed by atoms with Gasteiger partial charge in [-0.25, -0.2) is 0 Å². The van der Waals surface area contributed by atoms with Gasteiger partial charge in [0, 0.05) is 12.3 Å². The second kappa shape index (κ2) is 8.76. The second-order valence-corrected chi connectivity index (χ2v) is 7.64. The predicted octanol–water partition coefficient (Wildman–Crippen LogP) is 1.60. The van der Waals surface area contributed by atoms with Crippen LogP contribution in [0.15, 0.2) is 9.79 Å². The highest BCUT2D eigenvalue weighted by Gasteiger charge is 2.21. The van der Waals surface area contributed by atoms with Crippen LogP contribution >= 0.6 is 12.2 Å². The molecule has 3 N–H and O–H groups in total. The SMILES string of the molecule is O=c1[nH]c(=S)n(C2CCCCC2)c(O)c1C=NCC[NH+]1CCCCC1. The fourth-order valence-electron chi connectivity index (χ4n) is 4.03. The smallest absolute Gasteiger partial charge is 0.264 e. The van der Waals surface area contributed by atoms with Crippen LogP contribution < -0.4 is 10.5 Å². The van der Waals surface area contributed by atoms with Crippen molar-refractivity contribution < 1.29 is 10.0 Å². The minimum atomic E-state index is -0.358. The highest BCUT2D eigenvalue weighted by molar-refractivity contribution is 7.71. The summed E-state index contributed by atoms with van der Waals surface area (Å²) in [7, 11) is 0. The lowest BCUT2D eigenvalue weighted by Crippen LogP contribution is -3.13. The molecular formula is C18H29N4O2S+. The van der Waals surface area contributed by atoms with Gasteiger partial charge in [-0.05, 0) is 44.3 Å². The van der Waals surface area contributed by atoms with Crippen molar-refractivity contribution in [2.75, 3.05) is 26.2 Å². The maximum atomic E-state index is 12.2. The molecule has 0 unspecified atom stereocenters. The number of likely N-dealkylation sites (tertiary alicyclic amines) is 1. The number of rotatable bonds is 5. The van der Waals surface area contributed by atoms with Crippen molar-refractivity contribution in [2.24, 2.45) is 4.99 Å². The number of aromatic hydroxyl groups is 1. The average molecular weight is 366 g/mol. The van der Waals surface area contributed by atoms with Crippen LogP contribution in [0, 0.1) is 4.77 Å². The molecule has 0 atom stereocenters. The minimum absolute atomic E-state index is 0.0327. The lowest BCUT2D eigenvalue weighted by atomic mass is 9.95. The number of aliphatic imine (C=N–C) groups is 1. The van der Waals surface area contributed by atoms with Crippen LogP contribution in [0.5, 0.6) is 5.88 Å². The number of nitrogens with zero attached hydrogens (tertiary/aromatic N) is 2. The standard InChI is InChI=1S/C18H28N4O2S/c23-16-15(13-19-9-12-21-10-5-2-6-11-21)17(24)22(18(25)20-16)14-7-3-1-4-8-14/h13-14,24H,1-12H2,(H,20,23,25)/p+1. The zero-order valence-electron chi connectivity index (χ0n) is 14.8. The van der Waals surface area contributed by atoms with Gasteiger partial charge in [-0.2, -0.15) is 0 Å². The van der Waals surface area contributed by atoms with Gasteiger partial charge in [0.2, 0.25) is 5.88 Å². The summed E-state index contributed by atoms with van der Waals surface area (Å²) in [4.78, 5) is 20.9. The van der Waals surface area contributed by atoms with Crippen molar-refractivity contribution in [1.29, 1.82) is 0 Å². The van der Waals surface area contributed by atoms with Gasteiger partial charge in [0.15, 0.2) is 4.77 Å². The van der Waals surface area contributed by atoms with E-state index in [0.29, 0.717) is 11.3 Å². The number of nitrogens with one attached hydrogen (secondary N) is 2. The second-order valence-electron chi connectivity index (χ2n) is 7.25. The largest absolute Gasteiger partial charge is 0.494 e. The van der Waals surface area contributed by atoms with Crippen molar-refractivity contribution in [1.82, 2.24) is 9.55 Å². The molecule has 1 aromatic heterocycles. The average Bonchev–Trinajstić information content (AvgIpc) is 2.62. The molecule has 1 saturated heterocycles. The predicted molar refractivity (Wildman–Crippen MR) is 102 cm³/mol. The quantitative estimate of drug-likeness (QED) is 0.548. The molecule has 1 saturated carbocycles. The van der Waals surface area contributed by atoms with Crippen molar-refractivity contribution >= 4 is 18.4 Å². The highest BCUT2D eigenvalue weighted by Crippen LogP contribution is 2.31. The normalized spacial score (nSPS) is 20.3. The topological polar surface area (TPSA) is 74.8 Å². The maximum Gasteiger partial charge on any atom is 0.264 e. The van der Waals surface area contributed by atoms with E-state index in [0.717, 1.165) is 32.2 Å². The zero-order chi connectivity index (χ0) is 17.6. The first-order valence-electron chi connectivity index (χ1n) is 9.58. The molecule has 0 bridgehead atoms. The third-order valence-corrected chi connectivity index (χ3v) is 5.77. The van der Waals surface area contributed by atoms with E-state index in [4.69, 9.17) is 12.2 Å². The molecule has 25 heavy (non-hydrogen) atoms. The summed E-state index contributed by atoms with van der Waals surface area (Å²) in [5.41, 5.74) is -0.128. The van der Waals surface area contributed by atoms with Gasteiger partial charge in [-0.15, -0.1) is 0 Å². The van der Waals surface area contributed by atoms with Crippen LogP contribution in [0.25, 0.3) is 0 Å². The Morgan fingerprint density at radius 3 is 2.60 bits per heavy atom. The van der Waals surface area contributed by atoms with Crippen molar-refractivity contribution in [3.63, 3.8) is 0 Å². The summed E-state index contributed by atoms with van der Waals surface area (Å²) in [6.07, 6.45) is 10.9. The molecule has 1 aromatic rings. The van der Waals surface area contributed by atoms with Gasteiger partial charge in [0.1, 0.15) is 5.56 Å². The van der Waals surface area contributed by atoms with Gasteiger partial charge in [0.05, 0.1) is 26.2 Å². The Morgan fingerprint density at radius 2 is 1.88 bits per heavy atom. The number of aromatic amines is 1. The Hall–Kier alpha value is -1.47. The zero-order valence-corrected chi connectivity index (χ0v) is 15.6. The molecule has 2 fully saturated rings. The number of aromatic nitrogens is 2. The Kier molecular flexibility index (Phi) is 6.42. The molecule has 1 aliphatic carbocycles. The van der Waals surface area contributed by atoms with Crippen LogP contribution in [-0.4, -0.2) is 47.1 Å². The summed E-state index contributed by atoms with van der Waals surface area (Å²) in [5.74, 6) is -0.0327. The number of hydrogen-bond acceptors (Lipinski definition) is 4. The van der Waals surface area contributed by atoms with Crippen LogP contribution in [-0.2, 0) is 0 Å².